The van der Waals surface area contributed by atoms with E-state index in [9.17, 15) is 8.78 Å². The molecular weight excluding hydrogens is 180 g/mol. The molecule has 0 aromatic carbocycles. The summed E-state index contributed by atoms with van der Waals surface area (Å²) in [7, 11) is 0. The van der Waals surface area contributed by atoms with E-state index < -0.39 is 18.4 Å². The van der Waals surface area contributed by atoms with E-state index in [2.05, 4.69) is 14.7 Å². The van der Waals surface area contributed by atoms with Gasteiger partial charge in [-0.3, -0.25) is 0 Å². The summed E-state index contributed by atoms with van der Waals surface area (Å²) in [5.41, 5.74) is 4.86. The summed E-state index contributed by atoms with van der Waals surface area (Å²) in [6.07, 6.45) is 1.90. The number of halogens is 2. The monoisotopic (exact) mass is 189 g/mol. The Labute approximate surface area is 73.1 Å². The fourth-order valence-electron chi connectivity index (χ4n) is 0.978. The van der Waals surface area contributed by atoms with Crippen molar-refractivity contribution in [3.05, 3.63) is 11.7 Å². The zero-order valence-electron chi connectivity index (χ0n) is 6.83. The zero-order chi connectivity index (χ0) is 9.47. The quantitative estimate of drug-likeness (QED) is 0.770. The van der Waals surface area contributed by atoms with Gasteiger partial charge in [0.15, 0.2) is 5.82 Å². The molecule has 0 amide bonds. The Morgan fingerprint density at radius 2 is 2.23 bits per heavy atom. The van der Waals surface area contributed by atoms with Crippen LogP contribution in [0.4, 0.5) is 8.78 Å². The number of nitrogens with zero attached hydrogens (tertiary/aromatic N) is 2. The van der Waals surface area contributed by atoms with E-state index in [0.717, 1.165) is 12.8 Å². The fraction of sp³-hybridized carbons (Fsp3) is 0.714. The first-order chi connectivity index (χ1) is 6.13. The molecule has 0 radical (unpaired) electrons. The number of nitrogens with two attached hydrogens (primary N) is 1. The minimum atomic E-state index is -3.19. The molecule has 0 spiro atoms. The first-order valence-electron chi connectivity index (χ1n) is 4.05. The first kappa shape index (κ1) is 8.55. The summed E-state index contributed by atoms with van der Waals surface area (Å²) in [5, 5.41) is 3.47. The van der Waals surface area contributed by atoms with Gasteiger partial charge in [-0.25, -0.2) is 0 Å². The lowest BCUT2D eigenvalue weighted by atomic mass is 10.3. The van der Waals surface area contributed by atoms with Crippen molar-refractivity contribution in [3.8, 4) is 0 Å². The molecule has 0 atom stereocenters. The maximum Gasteiger partial charge on any atom is 0.336 e. The fourth-order valence-corrected chi connectivity index (χ4v) is 0.978. The molecule has 1 fully saturated rings. The molecule has 1 heterocycles. The van der Waals surface area contributed by atoms with Crippen molar-refractivity contribution in [1.29, 1.82) is 0 Å². The topological polar surface area (TPSA) is 64.9 Å². The van der Waals surface area contributed by atoms with Crippen LogP contribution in [0.1, 0.15) is 30.5 Å². The molecule has 72 valence electrons. The maximum atomic E-state index is 12.9. The van der Waals surface area contributed by atoms with Crippen molar-refractivity contribution in [2.24, 2.45) is 5.73 Å². The summed E-state index contributed by atoms with van der Waals surface area (Å²) in [4.78, 5) is 3.61. The lowest BCUT2D eigenvalue weighted by molar-refractivity contribution is -0.0260. The van der Waals surface area contributed by atoms with Crippen LogP contribution in [0.25, 0.3) is 0 Å². The van der Waals surface area contributed by atoms with Gasteiger partial charge in [0, 0.05) is 5.92 Å². The summed E-state index contributed by atoms with van der Waals surface area (Å²) in [6, 6.07) is 0. The molecule has 13 heavy (non-hydrogen) atoms. The minimum absolute atomic E-state index is 0.214. The summed E-state index contributed by atoms with van der Waals surface area (Å²) in [6.45, 7) is -0.806. The molecule has 6 heteroatoms. The van der Waals surface area contributed by atoms with Crippen LogP contribution in [0.15, 0.2) is 4.52 Å². The zero-order valence-corrected chi connectivity index (χ0v) is 6.83. The van der Waals surface area contributed by atoms with Crippen LogP contribution in [0.5, 0.6) is 0 Å². The van der Waals surface area contributed by atoms with Gasteiger partial charge in [0.25, 0.3) is 5.89 Å². The van der Waals surface area contributed by atoms with Gasteiger partial charge in [0.05, 0.1) is 6.54 Å². The predicted octanol–water partition coefficient (Wildman–Crippen LogP) is 0.998. The number of alkyl halides is 2. The molecule has 2 N–H and O–H groups in total. The molecule has 1 aromatic heterocycles. The maximum absolute atomic E-state index is 12.9. The van der Waals surface area contributed by atoms with Crippen LogP contribution in [0.3, 0.4) is 0 Å². The van der Waals surface area contributed by atoms with Gasteiger partial charge in [-0.05, 0) is 12.8 Å². The van der Waals surface area contributed by atoms with Gasteiger partial charge >= 0.3 is 5.92 Å². The highest BCUT2D eigenvalue weighted by atomic mass is 19.3. The van der Waals surface area contributed by atoms with Crippen molar-refractivity contribution in [1.82, 2.24) is 10.1 Å². The number of aromatic nitrogens is 2. The lowest BCUT2D eigenvalue weighted by Gasteiger charge is -2.06. The van der Waals surface area contributed by atoms with Crippen LogP contribution < -0.4 is 5.73 Å². The molecule has 4 nitrogen and oxygen atoms in total. The van der Waals surface area contributed by atoms with Crippen LogP contribution in [0, 0.1) is 0 Å². The minimum Gasteiger partial charge on any atom is -0.333 e. The summed E-state index contributed by atoms with van der Waals surface area (Å²) >= 11 is 0. The molecule has 1 aromatic rings. The van der Waals surface area contributed by atoms with E-state index in [1.54, 1.807) is 0 Å². The second-order valence-corrected chi connectivity index (χ2v) is 3.14. The smallest absolute Gasteiger partial charge is 0.333 e. The van der Waals surface area contributed by atoms with E-state index in [4.69, 9.17) is 5.73 Å². The van der Waals surface area contributed by atoms with Gasteiger partial charge in [-0.1, -0.05) is 5.16 Å². The molecule has 0 aliphatic heterocycles. The van der Waals surface area contributed by atoms with Crippen LogP contribution in [-0.4, -0.2) is 16.7 Å². The Kier molecular flexibility index (Phi) is 1.80. The van der Waals surface area contributed by atoms with Crippen LogP contribution in [0.2, 0.25) is 0 Å². The Bertz CT molecular complexity index is 308. The Balaban J connectivity index is 2.20. The van der Waals surface area contributed by atoms with E-state index in [1.807, 2.05) is 0 Å². The van der Waals surface area contributed by atoms with Crippen molar-refractivity contribution in [3.63, 3.8) is 0 Å². The van der Waals surface area contributed by atoms with E-state index in [-0.39, 0.29) is 5.92 Å². The number of hydrogen-bond acceptors (Lipinski definition) is 4. The van der Waals surface area contributed by atoms with Crippen LogP contribution in [-0.2, 0) is 5.92 Å². The second kappa shape index (κ2) is 2.73. The third kappa shape index (κ3) is 1.53. The van der Waals surface area contributed by atoms with E-state index in [0.29, 0.717) is 5.82 Å². The van der Waals surface area contributed by atoms with Crippen molar-refractivity contribution in [2.45, 2.75) is 24.7 Å². The molecule has 1 saturated carbocycles. The Morgan fingerprint density at radius 1 is 1.54 bits per heavy atom. The van der Waals surface area contributed by atoms with Crippen LogP contribution >= 0.6 is 0 Å². The normalized spacial score (nSPS) is 17.8. The highest BCUT2D eigenvalue weighted by Crippen LogP contribution is 2.39. The average molecular weight is 189 g/mol. The van der Waals surface area contributed by atoms with Crippen molar-refractivity contribution >= 4 is 0 Å². The summed E-state index contributed by atoms with van der Waals surface area (Å²) < 4.78 is 30.2. The lowest BCUT2D eigenvalue weighted by Crippen LogP contribution is -2.25. The molecule has 1 aliphatic rings. The highest BCUT2D eigenvalue weighted by molar-refractivity contribution is 5.05. The van der Waals surface area contributed by atoms with Gasteiger partial charge < -0.3 is 10.3 Å². The second-order valence-electron chi connectivity index (χ2n) is 3.14. The number of hydrogen-bond donors (Lipinski definition) is 1. The van der Waals surface area contributed by atoms with Gasteiger partial charge in [0.1, 0.15) is 0 Å². The van der Waals surface area contributed by atoms with Gasteiger partial charge in [0.2, 0.25) is 0 Å². The van der Waals surface area contributed by atoms with Gasteiger partial charge in [-0.2, -0.15) is 13.8 Å². The number of rotatable bonds is 3. The van der Waals surface area contributed by atoms with Gasteiger partial charge in [-0.15, -0.1) is 0 Å². The molecular formula is C7H9F2N3O. The predicted molar refractivity (Wildman–Crippen MR) is 39.2 cm³/mol. The van der Waals surface area contributed by atoms with E-state index in [1.165, 1.54) is 0 Å². The Morgan fingerprint density at radius 3 is 2.77 bits per heavy atom. The van der Waals surface area contributed by atoms with Crippen molar-refractivity contribution < 1.29 is 13.3 Å². The van der Waals surface area contributed by atoms with Crippen molar-refractivity contribution in [2.75, 3.05) is 6.54 Å². The Hall–Kier alpha value is -1.04. The third-order valence-electron chi connectivity index (χ3n) is 1.95. The third-order valence-corrected chi connectivity index (χ3v) is 1.95. The molecule has 1 aliphatic carbocycles. The molecule has 0 unspecified atom stereocenters. The summed E-state index contributed by atoms with van der Waals surface area (Å²) in [5.74, 6) is -3.27. The SMILES string of the molecule is NCC(F)(F)c1nc(C2CC2)no1. The molecule has 0 bridgehead atoms. The highest BCUT2D eigenvalue weighted by Gasteiger charge is 2.39. The first-order valence-corrected chi connectivity index (χ1v) is 4.05. The standard InChI is InChI=1S/C7H9F2N3O/c8-7(9,3-10)6-11-5(12-13-6)4-1-2-4/h4H,1-3,10H2. The molecule has 0 saturated heterocycles. The molecule has 2 rings (SSSR count). The van der Waals surface area contributed by atoms with E-state index >= 15 is 0 Å². The largest absolute Gasteiger partial charge is 0.336 e. The average Bonchev–Trinajstić information content (AvgIpc) is 2.83.